The summed E-state index contributed by atoms with van der Waals surface area (Å²) in [5.41, 5.74) is 1.84. The van der Waals surface area contributed by atoms with E-state index in [1.165, 1.54) is 4.68 Å². The first-order valence-corrected chi connectivity index (χ1v) is 12.3. The van der Waals surface area contributed by atoms with Crippen molar-refractivity contribution in [1.29, 1.82) is 0 Å². The summed E-state index contributed by atoms with van der Waals surface area (Å²) < 4.78 is 4.03. The van der Waals surface area contributed by atoms with E-state index in [0.29, 0.717) is 16.3 Å². The van der Waals surface area contributed by atoms with Gasteiger partial charge in [-0.05, 0) is 54.6 Å². The van der Waals surface area contributed by atoms with E-state index in [4.69, 9.17) is 0 Å². The van der Waals surface area contributed by atoms with Crippen LogP contribution in [0.1, 0.15) is 11.3 Å². The second-order valence-corrected chi connectivity index (χ2v) is 9.61. The Hall–Kier alpha value is -3.57. The number of imide groups is 1. The van der Waals surface area contributed by atoms with Gasteiger partial charge in [-0.3, -0.25) is 24.0 Å². The molecular weight excluding hydrogens is 534 g/mol. The Bertz CT molecular complexity index is 1380. The zero-order valence-corrected chi connectivity index (χ0v) is 21.4. The van der Waals surface area contributed by atoms with E-state index < -0.39 is 17.2 Å². The maximum Gasteiger partial charge on any atom is 0.319 e. The molecule has 0 saturated carbocycles. The molecule has 0 radical (unpaired) electrons. The van der Waals surface area contributed by atoms with Crippen LogP contribution in [0.25, 0.3) is 11.8 Å². The van der Waals surface area contributed by atoms with Crippen LogP contribution in [0.2, 0.25) is 0 Å². The molecule has 35 heavy (non-hydrogen) atoms. The fourth-order valence-electron chi connectivity index (χ4n) is 3.55. The van der Waals surface area contributed by atoms with E-state index >= 15 is 0 Å². The number of aromatic nitrogens is 2. The van der Waals surface area contributed by atoms with Crippen LogP contribution >= 0.6 is 27.7 Å². The lowest BCUT2D eigenvalue weighted by Gasteiger charge is -2.13. The van der Waals surface area contributed by atoms with Crippen molar-refractivity contribution in [2.45, 2.75) is 6.92 Å². The number of nitrogens with zero attached hydrogens (tertiary/aromatic N) is 3. The zero-order valence-electron chi connectivity index (χ0n) is 18.9. The molecule has 0 bridgehead atoms. The number of urea groups is 1. The molecule has 1 aliphatic heterocycles. The molecule has 0 aliphatic carbocycles. The zero-order chi connectivity index (χ0) is 25.1. The summed E-state index contributed by atoms with van der Waals surface area (Å²) in [6, 6.07) is 15.9. The van der Waals surface area contributed by atoms with Gasteiger partial charge in [0.25, 0.3) is 16.7 Å². The number of carbonyl (C=O) groups is 3. The molecule has 4 rings (SSSR count). The average molecular weight is 556 g/mol. The van der Waals surface area contributed by atoms with Gasteiger partial charge in [-0.25, -0.2) is 9.48 Å². The summed E-state index contributed by atoms with van der Waals surface area (Å²) in [5.74, 6) is -0.408. The van der Waals surface area contributed by atoms with Gasteiger partial charge < -0.3 is 10.6 Å². The molecule has 3 aromatic rings. The van der Waals surface area contributed by atoms with Crippen LogP contribution in [0.5, 0.6) is 0 Å². The van der Waals surface area contributed by atoms with Gasteiger partial charge in [0, 0.05) is 24.6 Å². The van der Waals surface area contributed by atoms with E-state index in [9.17, 15) is 19.2 Å². The number of hydrogen-bond acceptors (Lipinski definition) is 5. The van der Waals surface area contributed by atoms with Gasteiger partial charge in [-0.15, -0.1) is 0 Å². The number of halogens is 1. The molecule has 4 amide bonds. The lowest BCUT2D eigenvalue weighted by molar-refractivity contribution is -0.122. The van der Waals surface area contributed by atoms with Crippen LogP contribution in [0, 0.1) is 6.92 Å². The smallest absolute Gasteiger partial charge is 0.319 e. The van der Waals surface area contributed by atoms with Crippen molar-refractivity contribution >= 4 is 56.6 Å². The topological polar surface area (TPSA) is 105 Å². The predicted molar refractivity (Wildman–Crippen MR) is 140 cm³/mol. The molecule has 2 N–H and O–H groups in total. The van der Waals surface area contributed by atoms with Crippen molar-refractivity contribution in [2.24, 2.45) is 7.05 Å². The first kappa shape index (κ1) is 24.6. The average Bonchev–Trinajstić information content (AvgIpc) is 3.22. The summed E-state index contributed by atoms with van der Waals surface area (Å²) in [6.45, 7) is 1.78. The monoisotopic (exact) mass is 555 g/mol. The summed E-state index contributed by atoms with van der Waals surface area (Å²) >= 11 is 4.22. The van der Waals surface area contributed by atoms with Crippen molar-refractivity contribution < 1.29 is 14.4 Å². The van der Waals surface area contributed by atoms with Crippen molar-refractivity contribution in [1.82, 2.24) is 19.6 Å². The van der Waals surface area contributed by atoms with Gasteiger partial charge in [-0.1, -0.05) is 46.3 Å². The third-order valence-electron chi connectivity index (χ3n) is 5.46. The van der Waals surface area contributed by atoms with Crippen LogP contribution in [0.3, 0.4) is 0 Å². The van der Waals surface area contributed by atoms with E-state index in [0.717, 1.165) is 26.7 Å². The maximum absolute atomic E-state index is 12.9. The number of para-hydroxylation sites is 1. The number of hydrogen-bond donors (Lipinski definition) is 2. The van der Waals surface area contributed by atoms with E-state index in [1.807, 2.05) is 42.5 Å². The van der Waals surface area contributed by atoms with Crippen molar-refractivity contribution in [3.8, 4) is 5.69 Å². The molecule has 1 fully saturated rings. The highest BCUT2D eigenvalue weighted by molar-refractivity contribution is 9.10. The number of rotatable bonds is 6. The summed E-state index contributed by atoms with van der Waals surface area (Å²) in [6.07, 6.45) is 1.66. The van der Waals surface area contributed by atoms with Crippen molar-refractivity contribution in [3.05, 3.63) is 85.6 Å². The lowest BCUT2D eigenvalue weighted by Crippen LogP contribution is -2.39. The summed E-state index contributed by atoms with van der Waals surface area (Å²) in [4.78, 5) is 51.7. The minimum absolute atomic E-state index is 0.0117. The quantitative estimate of drug-likeness (QED) is 0.445. The lowest BCUT2D eigenvalue weighted by atomic mass is 10.2. The molecule has 11 heteroatoms. The van der Waals surface area contributed by atoms with Crippen LogP contribution < -0.4 is 16.2 Å². The van der Waals surface area contributed by atoms with Crippen molar-refractivity contribution in [3.63, 3.8) is 0 Å². The molecule has 9 nitrogen and oxygen atoms in total. The van der Waals surface area contributed by atoms with Gasteiger partial charge in [0.2, 0.25) is 0 Å². The summed E-state index contributed by atoms with van der Waals surface area (Å²) in [5, 5.41) is 4.80. The third-order valence-corrected chi connectivity index (χ3v) is 6.89. The Balaban J connectivity index is 1.37. The highest BCUT2D eigenvalue weighted by Crippen LogP contribution is 2.32. The molecule has 2 aromatic carbocycles. The molecular formula is C24H22BrN5O4S. The first-order chi connectivity index (χ1) is 16.8. The first-order valence-electron chi connectivity index (χ1n) is 10.7. The van der Waals surface area contributed by atoms with Crippen molar-refractivity contribution in [2.75, 3.05) is 18.4 Å². The Kier molecular flexibility index (Phi) is 7.27. The highest BCUT2D eigenvalue weighted by atomic mass is 79.9. The van der Waals surface area contributed by atoms with Gasteiger partial charge in [0.15, 0.2) is 0 Å². The minimum atomic E-state index is -0.603. The second kappa shape index (κ2) is 10.4. The largest absolute Gasteiger partial charge is 0.336 e. The molecule has 1 aromatic heterocycles. The number of nitrogens with one attached hydrogen (secondary N) is 2. The van der Waals surface area contributed by atoms with Crippen LogP contribution in [0.4, 0.5) is 15.3 Å². The Morgan fingerprint density at radius 2 is 1.74 bits per heavy atom. The van der Waals surface area contributed by atoms with Gasteiger partial charge >= 0.3 is 6.03 Å². The summed E-state index contributed by atoms with van der Waals surface area (Å²) in [7, 11) is 1.73. The minimum Gasteiger partial charge on any atom is -0.336 e. The molecule has 1 saturated heterocycles. The number of amides is 4. The Labute approximate surface area is 213 Å². The van der Waals surface area contributed by atoms with Gasteiger partial charge in [0.1, 0.15) is 5.69 Å². The molecule has 0 spiro atoms. The molecule has 0 atom stereocenters. The standard InChI is InChI=1S/C24H22BrN5O4S/c1-15-20(22(32)30(28(15)2)18-6-4-3-5-7-18)27-23(33)26-12-13-29-21(31)19(35-24(29)34)14-16-8-10-17(25)11-9-16/h3-11,14H,12-13H2,1-2H3,(H2,26,27,33)/b19-14-. The van der Waals surface area contributed by atoms with Gasteiger partial charge in [0.05, 0.1) is 16.3 Å². The van der Waals surface area contributed by atoms with E-state index in [1.54, 1.807) is 36.9 Å². The molecule has 0 unspecified atom stereocenters. The fourth-order valence-corrected chi connectivity index (χ4v) is 4.68. The normalized spacial score (nSPS) is 14.6. The number of benzene rings is 2. The SMILES string of the molecule is Cc1c(NC(=O)NCCN2C(=O)S/C(=C\c3ccc(Br)cc3)C2=O)c(=O)n(-c2ccccc2)n1C. The predicted octanol–water partition coefficient (Wildman–Crippen LogP) is 4.10. The van der Waals surface area contributed by atoms with Crippen LogP contribution in [0.15, 0.2) is 68.8 Å². The Morgan fingerprint density at radius 1 is 1.06 bits per heavy atom. The second-order valence-electron chi connectivity index (χ2n) is 7.70. The van der Waals surface area contributed by atoms with E-state index in [-0.39, 0.29) is 24.3 Å². The number of anilines is 1. The van der Waals surface area contributed by atoms with E-state index in [2.05, 4.69) is 26.6 Å². The molecule has 180 valence electrons. The fraction of sp³-hybridized carbons (Fsp3) is 0.167. The molecule has 2 heterocycles. The molecule has 1 aliphatic rings. The maximum atomic E-state index is 12.9. The Morgan fingerprint density at radius 3 is 2.43 bits per heavy atom. The number of thioether (sulfide) groups is 1. The number of carbonyl (C=O) groups excluding carboxylic acids is 3. The highest BCUT2D eigenvalue weighted by Gasteiger charge is 2.34. The third kappa shape index (κ3) is 5.25. The van der Waals surface area contributed by atoms with Gasteiger partial charge in [-0.2, -0.15) is 0 Å². The van der Waals surface area contributed by atoms with Crippen LogP contribution in [-0.2, 0) is 11.8 Å². The van der Waals surface area contributed by atoms with Crippen LogP contribution in [-0.4, -0.2) is 44.5 Å².